The first-order valence-corrected chi connectivity index (χ1v) is 6.32. The molecule has 0 heterocycles. The fourth-order valence-corrected chi connectivity index (χ4v) is 2.25. The Morgan fingerprint density at radius 3 is 2.58 bits per heavy atom. The van der Waals surface area contributed by atoms with Crippen LogP contribution in [0, 0.1) is 11.6 Å². The van der Waals surface area contributed by atoms with Crippen molar-refractivity contribution >= 4 is 11.7 Å². The quantitative estimate of drug-likeness (QED) is 0.723. The van der Waals surface area contributed by atoms with Crippen molar-refractivity contribution in [1.29, 1.82) is 0 Å². The Balaban J connectivity index is 1.98. The number of carbonyl (C=O) groups excluding carboxylic acids is 1. The molecule has 1 aromatic carbocycles. The molecule has 19 heavy (non-hydrogen) atoms. The van der Waals surface area contributed by atoms with Gasteiger partial charge in [0, 0.05) is 18.2 Å². The van der Waals surface area contributed by atoms with E-state index >= 15 is 0 Å². The molecule has 0 atom stereocenters. The minimum Gasteiger partial charge on any atom is -0.503 e. The van der Waals surface area contributed by atoms with Gasteiger partial charge in [0.1, 0.15) is 5.82 Å². The number of urea groups is 1. The van der Waals surface area contributed by atoms with Crippen molar-refractivity contribution < 1.29 is 18.7 Å². The van der Waals surface area contributed by atoms with Crippen molar-refractivity contribution in [2.24, 2.45) is 0 Å². The van der Waals surface area contributed by atoms with Gasteiger partial charge in [-0.2, -0.15) is 0 Å². The Morgan fingerprint density at radius 2 is 1.89 bits per heavy atom. The van der Waals surface area contributed by atoms with Crippen LogP contribution in [0.25, 0.3) is 0 Å². The summed E-state index contributed by atoms with van der Waals surface area (Å²) in [6, 6.07) is 0.944. The summed E-state index contributed by atoms with van der Waals surface area (Å²) in [5.41, 5.74) is -0.272. The van der Waals surface area contributed by atoms with Gasteiger partial charge in [-0.25, -0.2) is 13.6 Å². The molecule has 0 bridgehead atoms. The number of benzene rings is 1. The zero-order valence-corrected chi connectivity index (χ0v) is 10.4. The van der Waals surface area contributed by atoms with Crippen LogP contribution in [-0.2, 0) is 0 Å². The number of nitrogens with one attached hydrogen (secondary N) is 2. The van der Waals surface area contributed by atoms with Crippen LogP contribution in [0.5, 0.6) is 5.75 Å². The van der Waals surface area contributed by atoms with Crippen LogP contribution >= 0.6 is 0 Å². The Hall–Kier alpha value is -1.85. The summed E-state index contributed by atoms with van der Waals surface area (Å²) in [4.78, 5) is 11.7. The molecule has 1 saturated carbocycles. The third-order valence-corrected chi connectivity index (χ3v) is 3.22. The van der Waals surface area contributed by atoms with E-state index in [1.807, 2.05) is 0 Å². The topological polar surface area (TPSA) is 61.4 Å². The lowest BCUT2D eigenvalue weighted by molar-refractivity contribution is 0.244. The van der Waals surface area contributed by atoms with E-state index in [2.05, 4.69) is 10.6 Å². The van der Waals surface area contributed by atoms with E-state index in [0.29, 0.717) is 6.07 Å². The molecule has 0 radical (unpaired) electrons. The van der Waals surface area contributed by atoms with E-state index < -0.39 is 23.4 Å². The molecule has 2 rings (SSSR count). The molecule has 1 aromatic rings. The summed E-state index contributed by atoms with van der Waals surface area (Å²) in [6.07, 6.45) is 5.08. The highest BCUT2D eigenvalue weighted by Crippen LogP contribution is 2.27. The minimum absolute atomic E-state index is 0.0781. The van der Waals surface area contributed by atoms with Crippen LogP contribution < -0.4 is 10.6 Å². The summed E-state index contributed by atoms with van der Waals surface area (Å²) < 4.78 is 26.1. The maximum absolute atomic E-state index is 13.1. The van der Waals surface area contributed by atoms with Crippen LogP contribution in [0.2, 0.25) is 0 Å². The monoisotopic (exact) mass is 270 g/mol. The lowest BCUT2D eigenvalue weighted by Crippen LogP contribution is -2.39. The number of phenols is 1. The number of phenolic OH excluding ortho intramolecular Hbond substituents is 1. The third kappa shape index (κ3) is 3.56. The molecule has 0 saturated heterocycles. The summed E-state index contributed by atoms with van der Waals surface area (Å²) >= 11 is 0. The predicted molar refractivity (Wildman–Crippen MR) is 67.1 cm³/mol. The first kappa shape index (κ1) is 13.6. The molecule has 0 unspecified atom stereocenters. The SMILES string of the molecule is O=C(Nc1cc(F)cc(F)c1O)NC1CCCCC1. The fourth-order valence-electron chi connectivity index (χ4n) is 2.25. The molecule has 0 aliphatic heterocycles. The second-order valence-electron chi connectivity index (χ2n) is 4.72. The van der Waals surface area contributed by atoms with Crippen molar-refractivity contribution in [3.8, 4) is 5.75 Å². The highest BCUT2D eigenvalue weighted by atomic mass is 19.1. The van der Waals surface area contributed by atoms with Crippen LogP contribution in [-0.4, -0.2) is 17.2 Å². The first-order valence-electron chi connectivity index (χ1n) is 6.32. The molecule has 4 nitrogen and oxygen atoms in total. The molecule has 1 fully saturated rings. The highest BCUT2D eigenvalue weighted by molar-refractivity contribution is 5.91. The summed E-state index contributed by atoms with van der Waals surface area (Å²) in [5, 5.41) is 14.4. The van der Waals surface area contributed by atoms with Crippen molar-refractivity contribution in [3.63, 3.8) is 0 Å². The van der Waals surface area contributed by atoms with Gasteiger partial charge in [-0.05, 0) is 12.8 Å². The van der Waals surface area contributed by atoms with Crippen molar-refractivity contribution in [3.05, 3.63) is 23.8 Å². The number of anilines is 1. The van der Waals surface area contributed by atoms with Gasteiger partial charge < -0.3 is 15.7 Å². The first-order chi connectivity index (χ1) is 9.06. The Kier molecular flexibility index (Phi) is 4.19. The van der Waals surface area contributed by atoms with Gasteiger partial charge in [-0.15, -0.1) is 0 Å². The fraction of sp³-hybridized carbons (Fsp3) is 0.462. The van der Waals surface area contributed by atoms with Gasteiger partial charge in [-0.3, -0.25) is 0 Å². The maximum Gasteiger partial charge on any atom is 0.319 e. The predicted octanol–water partition coefficient (Wildman–Crippen LogP) is 3.12. The lowest BCUT2D eigenvalue weighted by Gasteiger charge is -2.23. The van der Waals surface area contributed by atoms with Crippen LogP contribution in [0.3, 0.4) is 0 Å². The number of carbonyl (C=O) groups is 1. The lowest BCUT2D eigenvalue weighted by atomic mass is 9.96. The Bertz CT molecular complexity index is 474. The molecular formula is C13H16F2N2O2. The van der Waals surface area contributed by atoms with E-state index in [1.54, 1.807) is 0 Å². The number of halogens is 2. The average molecular weight is 270 g/mol. The van der Waals surface area contributed by atoms with Gasteiger partial charge in [-0.1, -0.05) is 19.3 Å². The number of aromatic hydroxyl groups is 1. The zero-order valence-electron chi connectivity index (χ0n) is 10.4. The number of hydrogen-bond donors (Lipinski definition) is 3. The molecule has 3 N–H and O–H groups in total. The van der Waals surface area contributed by atoms with Gasteiger partial charge in [0.05, 0.1) is 5.69 Å². The average Bonchev–Trinajstić information content (AvgIpc) is 2.36. The second-order valence-corrected chi connectivity index (χ2v) is 4.72. The highest BCUT2D eigenvalue weighted by Gasteiger charge is 2.17. The van der Waals surface area contributed by atoms with E-state index in [0.717, 1.165) is 38.2 Å². The second kappa shape index (κ2) is 5.86. The van der Waals surface area contributed by atoms with E-state index in [1.165, 1.54) is 0 Å². The van der Waals surface area contributed by atoms with Gasteiger partial charge >= 0.3 is 6.03 Å². The number of rotatable bonds is 2. The number of amides is 2. The largest absolute Gasteiger partial charge is 0.503 e. The minimum atomic E-state index is -1.10. The molecule has 104 valence electrons. The Labute approximate surface area is 109 Å². The zero-order chi connectivity index (χ0) is 13.8. The van der Waals surface area contributed by atoms with Gasteiger partial charge in [0.15, 0.2) is 11.6 Å². The summed E-state index contributed by atoms with van der Waals surface area (Å²) in [6.45, 7) is 0. The molecule has 2 amide bonds. The number of hydrogen-bond acceptors (Lipinski definition) is 2. The summed E-state index contributed by atoms with van der Waals surface area (Å²) in [7, 11) is 0. The van der Waals surface area contributed by atoms with Gasteiger partial charge in [0.2, 0.25) is 0 Å². The van der Waals surface area contributed by atoms with Crippen LogP contribution in [0.15, 0.2) is 12.1 Å². The van der Waals surface area contributed by atoms with Crippen molar-refractivity contribution in [2.45, 2.75) is 38.1 Å². The van der Waals surface area contributed by atoms with Crippen LogP contribution in [0.1, 0.15) is 32.1 Å². The molecule has 1 aliphatic rings. The van der Waals surface area contributed by atoms with Crippen molar-refractivity contribution in [1.82, 2.24) is 5.32 Å². The Morgan fingerprint density at radius 1 is 1.21 bits per heavy atom. The summed E-state index contributed by atoms with van der Waals surface area (Å²) in [5.74, 6) is -2.73. The maximum atomic E-state index is 13.1. The molecule has 0 aromatic heterocycles. The standard InChI is InChI=1S/C13H16F2N2O2/c14-8-6-10(15)12(18)11(7-8)17-13(19)16-9-4-2-1-3-5-9/h6-7,9,18H,1-5H2,(H2,16,17,19). The normalized spacial score (nSPS) is 16.1. The van der Waals surface area contributed by atoms with E-state index in [4.69, 9.17) is 0 Å². The van der Waals surface area contributed by atoms with Crippen LogP contribution in [0.4, 0.5) is 19.3 Å². The van der Waals surface area contributed by atoms with E-state index in [-0.39, 0.29) is 11.7 Å². The van der Waals surface area contributed by atoms with Gasteiger partial charge in [0.25, 0.3) is 0 Å². The molecule has 1 aliphatic carbocycles. The third-order valence-electron chi connectivity index (χ3n) is 3.22. The van der Waals surface area contributed by atoms with E-state index in [9.17, 15) is 18.7 Å². The molecule has 6 heteroatoms. The van der Waals surface area contributed by atoms with Crippen molar-refractivity contribution in [2.75, 3.05) is 5.32 Å². The molecule has 0 spiro atoms. The smallest absolute Gasteiger partial charge is 0.319 e. The molecular weight excluding hydrogens is 254 g/mol.